The average Bonchev–Trinajstić information content (AvgIpc) is 2.60. The first-order valence-electron chi connectivity index (χ1n) is 4.74. The lowest BCUT2D eigenvalue weighted by atomic mass is 9.89. The molecule has 1 fully saturated rings. The molecule has 5 heteroatoms. The van der Waals surface area contributed by atoms with E-state index in [1.807, 2.05) is 6.92 Å². The summed E-state index contributed by atoms with van der Waals surface area (Å²) in [5, 5.41) is 7.79. The van der Waals surface area contributed by atoms with Crippen molar-refractivity contribution in [2.24, 2.45) is 5.92 Å². The molecule has 0 aromatic carbocycles. The summed E-state index contributed by atoms with van der Waals surface area (Å²) in [6, 6.07) is 0. The minimum atomic E-state index is 0.146. The Morgan fingerprint density at radius 3 is 2.29 bits per heavy atom. The summed E-state index contributed by atoms with van der Waals surface area (Å²) in [7, 11) is 0. The molecule has 0 radical (unpaired) electrons. The summed E-state index contributed by atoms with van der Waals surface area (Å²) < 4.78 is 11.1. The van der Waals surface area contributed by atoms with E-state index in [1.165, 1.54) is 0 Å². The van der Waals surface area contributed by atoms with E-state index in [9.17, 15) is 0 Å². The zero-order chi connectivity index (χ0) is 10.3. The normalized spacial score (nSPS) is 37.7. The van der Waals surface area contributed by atoms with Crippen LogP contribution in [-0.4, -0.2) is 22.4 Å². The van der Waals surface area contributed by atoms with Gasteiger partial charge < -0.3 is 9.15 Å². The third-order valence-electron chi connectivity index (χ3n) is 2.94. The van der Waals surface area contributed by atoms with E-state index in [-0.39, 0.29) is 18.1 Å². The van der Waals surface area contributed by atoms with E-state index in [0.717, 1.165) is 0 Å². The number of rotatable bonds is 1. The Balaban J connectivity index is 2.25. The molecule has 1 aliphatic rings. The lowest BCUT2D eigenvalue weighted by Crippen LogP contribution is -2.15. The quantitative estimate of drug-likeness (QED) is 0.778. The highest BCUT2D eigenvalue weighted by Gasteiger charge is 2.41. The van der Waals surface area contributed by atoms with Crippen LogP contribution in [0.5, 0.6) is 0 Å². The predicted molar refractivity (Wildman–Crippen MR) is 53.9 cm³/mol. The highest BCUT2D eigenvalue weighted by Crippen LogP contribution is 2.39. The number of halogens is 1. The molecule has 14 heavy (non-hydrogen) atoms. The van der Waals surface area contributed by atoms with Crippen LogP contribution in [0.1, 0.15) is 32.6 Å². The second-order valence-corrected chi connectivity index (χ2v) is 4.50. The van der Waals surface area contributed by atoms with Crippen molar-refractivity contribution >= 4 is 15.9 Å². The molecule has 0 bridgehead atoms. The summed E-state index contributed by atoms with van der Waals surface area (Å²) in [5.41, 5.74) is 0. The van der Waals surface area contributed by atoms with Gasteiger partial charge in [0, 0.05) is 15.9 Å². The first-order chi connectivity index (χ1) is 6.59. The molecule has 1 aromatic heterocycles. The molecule has 4 unspecified atom stereocenters. The molecule has 1 aliphatic heterocycles. The highest BCUT2D eigenvalue weighted by atomic mass is 79.9. The third kappa shape index (κ3) is 1.59. The van der Waals surface area contributed by atoms with Gasteiger partial charge in [0.25, 0.3) is 4.80 Å². The van der Waals surface area contributed by atoms with Crippen LogP contribution in [0, 0.1) is 5.92 Å². The van der Waals surface area contributed by atoms with E-state index in [4.69, 9.17) is 9.15 Å². The summed E-state index contributed by atoms with van der Waals surface area (Å²) in [6.07, 6.45) is 0.396. The number of hydrogen-bond acceptors (Lipinski definition) is 4. The van der Waals surface area contributed by atoms with Crippen LogP contribution in [0.25, 0.3) is 0 Å². The fourth-order valence-electron chi connectivity index (χ4n) is 2.04. The minimum absolute atomic E-state index is 0.146. The van der Waals surface area contributed by atoms with Crippen molar-refractivity contribution in [1.29, 1.82) is 0 Å². The van der Waals surface area contributed by atoms with E-state index in [0.29, 0.717) is 16.6 Å². The molecule has 78 valence electrons. The Morgan fingerprint density at radius 2 is 1.86 bits per heavy atom. The van der Waals surface area contributed by atoms with Gasteiger partial charge >= 0.3 is 0 Å². The standard InChI is InChI=1S/C9H13BrN2O2/c1-4-5(2)13-6(3)7(4)8-11-12-9(10)14-8/h4-7H,1-3H3. The molecular weight excluding hydrogens is 248 g/mol. The first-order valence-corrected chi connectivity index (χ1v) is 5.53. The fraction of sp³-hybridized carbons (Fsp3) is 0.778. The Morgan fingerprint density at radius 1 is 1.14 bits per heavy atom. The van der Waals surface area contributed by atoms with Crippen LogP contribution in [0.15, 0.2) is 9.22 Å². The van der Waals surface area contributed by atoms with Gasteiger partial charge in [-0.1, -0.05) is 6.92 Å². The maximum absolute atomic E-state index is 5.71. The second-order valence-electron chi connectivity index (χ2n) is 3.82. The topological polar surface area (TPSA) is 48.2 Å². The highest BCUT2D eigenvalue weighted by molar-refractivity contribution is 9.10. The van der Waals surface area contributed by atoms with Crippen molar-refractivity contribution in [3.63, 3.8) is 0 Å². The molecule has 0 saturated carbocycles. The summed E-state index contributed by atoms with van der Waals surface area (Å²) in [5.74, 6) is 1.29. The van der Waals surface area contributed by atoms with Crippen LogP contribution in [0.2, 0.25) is 0 Å². The van der Waals surface area contributed by atoms with E-state index in [1.54, 1.807) is 0 Å². The van der Waals surface area contributed by atoms with Crippen LogP contribution in [0.4, 0.5) is 0 Å². The number of nitrogens with zero attached hydrogens (tertiary/aromatic N) is 2. The molecule has 2 rings (SSSR count). The molecule has 4 atom stereocenters. The molecule has 1 saturated heterocycles. The van der Waals surface area contributed by atoms with Gasteiger partial charge in [0.15, 0.2) is 0 Å². The SMILES string of the molecule is CC1OC(C)C(c2nnc(Br)o2)C1C. The van der Waals surface area contributed by atoms with E-state index in [2.05, 4.69) is 40.0 Å². The lowest BCUT2D eigenvalue weighted by molar-refractivity contribution is 0.0544. The Hall–Kier alpha value is -0.420. The van der Waals surface area contributed by atoms with Gasteiger partial charge in [-0.25, -0.2) is 0 Å². The largest absolute Gasteiger partial charge is 0.415 e. The maximum atomic E-state index is 5.71. The van der Waals surface area contributed by atoms with E-state index >= 15 is 0 Å². The van der Waals surface area contributed by atoms with Crippen molar-refractivity contribution in [2.75, 3.05) is 0 Å². The van der Waals surface area contributed by atoms with Crippen molar-refractivity contribution in [2.45, 2.75) is 38.9 Å². The zero-order valence-corrected chi connectivity index (χ0v) is 9.98. The van der Waals surface area contributed by atoms with Crippen molar-refractivity contribution in [1.82, 2.24) is 10.2 Å². The van der Waals surface area contributed by atoms with Gasteiger partial charge in [-0.2, -0.15) is 0 Å². The number of aromatic nitrogens is 2. The molecule has 0 N–H and O–H groups in total. The van der Waals surface area contributed by atoms with Gasteiger partial charge in [0.2, 0.25) is 5.89 Å². The van der Waals surface area contributed by atoms with Gasteiger partial charge in [-0.05, 0) is 19.8 Å². The van der Waals surface area contributed by atoms with Crippen molar-refractivity contribution < 1.29 is 9.15 Å². The van der Waals surface area contributed by atoms with E-state index < -0.39 is 0 Å². The molecular formula is C9H13BrN2O2. The number of ether oxygens (including phenoxy) is 1. The lowest BCUT2D eigenvalue weighted by Gasteiger charge is -2.13. The number of hydrogen-bond donors (Lipinski definition) is 0. The predicted octanol–water partition coefficient (Wildman–Crippen LogP) is 2.36. The Labute approximate surface area is 91.2 Å². The molecule has 0 aliphatic carbocycles. The van der Waals surface area contributed by atoms with Gasteiger partial charge in [-0.3, -0.25) is 0 Å². The van der Waals surface area contributed by atoms with Crippen LogP contribution in [0.3, 0.4) is 0 Å². The Bertz CT molecular complexity index is 328. The van der Waals surface area contributed by atoms with Gasteiger partial charge in [0.05, 0.1) is 18.1 Å². The fourth-order valence-corrected chi connectivity index (χ4v) is 2.29. The first kappa shape index (κ1) is 10.1. The maximum Gasteiger partial charge on any atom is 0.284 e. The van der Waals surface area contributed by atoms with Crippen LogP contribution < -0.4 is 0 Å². The van der Waals surface area contributed by atoms with Gasteiger partial charge in [0.1, 0.15) is 0 Å². The molecule has 4 nitrogen and oxygen atoms in total. The van der Waals surface area contributed by atoms with Crippen LogP contribution >= 0.6 is 15.9 Å². The molecule has 2 heterocycles. The molecule has 0 amide bonds. The minimum Gasteiger partial charge on any atom is -0.415 e. The average molecular weight is 261 g/mol. The van der Waals surface area contributed by atoms with Crippen LogP contribution in [-0.2, 0) is 4.74 Å². The summed E-state index contributed by atoms with van der Waals surface area (Å²) in [6.45, 7) is 6.27. The summed E-state index contributed by atoms with van der Waals surface area (Å²) in [4.78, 5) is 0.437. The third-order valence-corrected chi connectivity index (χ3v) is 3.26. The Kier molecular flexibility index (Phi) is 2.62. The van der Waals surface area contributed by atoms with Crippen molar-refractivity contribution in [3.05, 3.63) is 10.7 Å². The second kappa shape index (κ2) is 3.62. The summed E-state index contributed by atoms with van der Waals surface area (Å²) >= 11 is 3.15. The smallest absolute Gasteiger partial charge is 0.284 e. The zero-order valence-electron chi connectivity index (χ0n) is 8.40. The molecule has 0 spiro atoms. The molecule has 1 aromatic rings. The monoisotopic (exact) mass is 260 g/mol. The van der Waals surface area contributed by atoms with Gasteiger partial charge in [-0.15, -0.1) is 10.2 Å². The van der Waals surface area contributed by atoms with Crippen molar-refractivity contribution in [3.8, 4) is 0 Å².